The summed E-state index contributed by atoms with van der Waals surface area (Å²) < 4.78 is 10.8. The van der Waals surface area contributed by atoms with E-state index in [0.717, 1.165) is 44.6 Å². The molecule has 0 saturated carbocycles. The second-order valence-corrected chi connectivity index (χ2v) is 7.73. The highest BCUT2D eigenvalue weighted by molar-refractivity contribution is 5.95. The summed E-state index contributed by atoms with van der Waals surface area (Å²) in [6, 6.07) is 20.5. The lowest BCUT2D eigenvalue weighted by Gasteiger charge is -2.48. The van der Waals surface area contributed by atoms with Crippen LogP contribution >= 0.6 is 0 Å². The van der Waals surface area contributed by atoms with Gasteiger partial charge in [-0.25, -0.2) is 0 Å². The van der Waals surface area contributed by atoms with Gasteiger partial charge in [0.05, 0.1) is 12.1 Å². The van der Waals surface area contributed by atoms with Crippen molar-refractivity contribution in [2.75, 3.05) is 52.0 Å². The number of hydrogen-bond donors (Lipinski definition) is 0. The molecule has 1 heterocycles. The van der Waals surface area contributed by atoms with E-state index in [2.05, 4.69) is 35.2 Å². The van der Waals surface area contributed by atoms with Crippen molar-refractivity contribution in [1.29, 1.82) is 0 Å². The predicted octanol–water partition coefficient (Wildman–Crippen LogP) is 3.39. The van der Waals surface area contributed by atoms with Gasteiger partial charge in [-0.15, -0.1) is 0 Å². The fourth-order valence-electron chi connectivity index (χ4n) is 4.27. The van der Waals surface area contributed by atoms with Crippen molar-refractivity contribution in [3.8, 4) is 0 Å². The smallest absolute Gasteiger partial charge is 0.253 e. The van der Waals surface area contributed by atoms with Gasteiger partial charge in [-0.2, -0.15) is 0 Å². The summed E-state index contributed by atoms with van der Waals surface area (Å²) in [5.74, 6) is -0.0199. The summed E-state index contributed by atoms with van der Waals surface area (Å²) in [7, 11) is 3.28. The molecule has 5 nitrogen and oxygen atoms in total. The van der Waals surface area contributed by atoms with Crippen LogP contribution in [-0.4, -0.2) is 63.4 Å². The van der Waals surface area contributed by atoms with Crippen LogP contribution in [0, 0.1) is 0 Å². The first-order chi connectivity index (χ1) is 14.2. The second-order valence-electron chi connectivity index (χ2n) is 7.73. The molecule has 5 heteroatoms. The highest BCUT2D eigenvalue weighted by Gasteiger charge is 2.43. The molecule has 1 aliphatic heterocycles. The van der Waals surface area contributed by atoms with Crippen molar-refractivity contribution in [2.45, 2.75) is 24.8 Å². The van der Waals surface area contributed by atoms with E-state index in [0.29, 0.717) is 6.61 Å². The van der Waals surface area contributed by atoms with Crippen LogP contribution in [0.3, 0.4) is 0 Å². The first kappa shape index (κ1) is 21.5. The van der Waals surface area contributed by atoms with Gasteiger partial charge in [-0.3, -0.25) is 4.79 Å². The van der Waals surface area contributed by atoms with E-state index in [1.807, 2.05) is 35.2 Å². The summed E-state index contributed by atoms with van der Waals surface area (Å²) >= 11 is 0. The standard InChI is InChI=1S/C24H32N2O3/c1-28-19-23(27)26(22-11-7-4-8-12-22)24(20-29-2)14-17-25(18-15-24)16-13-21-9-5-3-6-10-21/h3-12H,13-20H2,1-2H3. The monoisotopic (exact) mass is 396 g/mol. The van der Waals surface area contributed by atoms with E-state index in [1.54, 1.807) is 14.2 Å². The minimum absolute atomic E-state index is 0.0199. The Balaban J connectivity index is 1.73. The van der Waals surface area contributed by atoms with Gasteiger partial charge in [0.25, 0.3) is 5.91 Å². The summed E-state index contributed by atoms with van der Waals surface area (Å²) in [5, 5.41) is 0. The van der Waals surface area contributed by atoms with Crippen molar-refractivity contribution in [2.24, 2.45) is 0 Å². The van der Waals surface area contributed by atoms with E-state index in [1.165, 1.54) is 5.56 Å². The fourth-order valence-corrected chi connectivity index (χ4v) is 4.27. The van der Waals surface area contributed by atoms with Gasteiger partial charge in [0, 0.05) is 39.5 Å². The molecule has 29 heavy (non-hydrogen) atoms. The average Bonchev–Trinajstić information content (AvgIpc) is 2.75. The Morgan fingerprint density at radius 2 is 1.59 bits per heavy atom. The zero-order valence-electron chi connectivity index (χ0n) is 17.5. The number of benzene rings is 2. The molecule has 0 bridgehead atoms. The Kier molecular flexibility index (Phi) is 7.81. The summed E-state index contributed by atoms with van der Waals surface area (Å²) in [5.41, 5.74) is 1.92. The maximum absolute atomic E-state index is 13.0. The first-order valence-electron chi connectivity index (χ1n) is 10.3. The Hall–Kier alpha value is -2.21. The molecule has 0 spiro atoms. The molecule has 0 aromatic heterocycles. The van der Waals surface area contributed by atoms with Crippen LogP contribution in [0.2, 0.25) is 0 Å². The lowest BCUT2D eigenvalue weighted by molar-refractivity contribution is -0.124. The van der Waals surface area contributed by atoms with E-state index in [9.17, 15) is 4.79 Å². The molecule has 0 aliphatic carbocycles. The average molecular weight is 397 g/mol. The van der Waals surface area contributed by atoms with Crippen molar-refractivity contribution < 1.29 is 14.3 Å². The van der Waals surface area contributed by atoms with E-state index >= 15 is 0 Å². The molecule has 1 saturated heterocycles. The first-order valence-corrected chi connectivity index (χ1v) is 10.3. The van der Waals surface area contributed by atoms with Crippen molar-refractivity contribution >= 4 is 11.6 Å². The number of likely N-dealkylation sites (tertiary alicyclic amines) is 1. The lowest BCUT2D eigenvalue weighted by Crippen LogP contribution is -2.61. The number of hydrogen-bond acceptors (Lipinski definition) is 4. The minimum atomic E-state index is -0.352. The zero-order valence-corrected chi connectivity index (χ0v) is 17.5. The van der Waals surface area contributed by atoms with Crippen LogP contribution in [0.4, 0.5) is 5.69 Å². The largest absolute Gasteiger partial charge is 0.382 e. The Bertz CT molecular complexity index is 743. The van der Waals surface area contributed by atoms with Crippen LogP contribution in [0.1, 0.15) is 18.4 Å². The van der Waals surface area contributed by atoms with E-state index in [4.69, 9.17) is 9.47 Å². The summed E-state index contributed by atoms with van der Waals surface area (Å²) in [4.78, 5) is 17.5. The van der Waals surface area contributed by atoms with E-state index < -0.39 is 0 Å². The number of ether oxygens (including phenoxy) is 2. The number of para-hydroxylation sites is 1. The van der Waals surface area contributed by atoms with E-state index in [-0.39, 0.29) is 18.1 Å². The Morgan fingerprint density at radius 3 is 2.17 bits per heavy atom. The number of carbonyl (C=O) groups excluding carboxylic acids is 1. The molecule has 0 radical (unpaired) electrons. The second kappa shape index (κ2) is 10.5. The molecule has 156 valence electrons. The van der Waals surface area contributed by atoms with Gasteiger partial charge in [-0.1, -0.05) is 48.5 Å². The van der Waals surface area contributed by atoms with Crippen molar-refractivity contribution in [1.82, 2.24) is 4.90 Å². The van der Waals surface area contributed by atoms with Crippen molar-refractivity contribution in [3.63, 3.8) is 0 Å². The molecule has 0 N–H and O–H groups in total. The topological polar surface area (TPSA) is 42.0 Å². The van der Waals surface area contributed by atoms with Crippen LogP contribution in [-0.2, 0) is 20.7 Å². The third kappa shape index (κ3) is 5.44. The molecule has 2 aromatic rings. The third-order valence-corrected chi connectivity index (χ3v) is 5.77. The zero-order chi connectivity index (χ0) is 20.5. The number of amides is 1. The SMILES string of the molecule is COCC(=O)N(c1ccccc1)C1(COC)CCN(CCc2ccccc2)CC1. The Labute approximate surface area is 174 Å². The third-order valence-electron chi connectivity index (χ3n) is 5.77. The van der Waals surface area contributed by atoms with Gasteiger partial charge < -0.3 is 19.3 Å². The molecule has 0 unspecified atom stereocenters. The van der Waals surface area contributed by atoms with Crippen LogP contribution in [0.5, 0.6) is 0 Å². The maximum atomic E-state index is 13.0. The number of nitrogens with zero attached hydrogens (tertiary/aromatic N) is 2. The number of carbonyl (C=O) groups is 1. The van der Waals surface area contributed by atoms with Crippen LogP contribution in [0.15, 0.2) is 60.7 Å². The fraction of sp³-hybridized carbons (Fsp3) is 0.458. The molecule has 1 fully saturated rings. The molecule has 2 aromatic carbocycles. The molecular formula is C24H32N2O3. The summed E-state index contributed by atoms with van der Waals surface area (Å²) in [6.07, 6.45) is 2.79. The van der Waals surface area contributed by atoms with Gasteiger partial charge in [0.2, 0.25) is 0 Å². The minimum Gasteiger partial charge on any atom is -0.382 e. The van der Waals surface area contributed by atoms with Crippen LogP contribution < -0.4 is 4.90 Å². The predicted molar refractivity (Wildman–Crippen MR) is 116 cm³/mol. The van der Waals surface area contributed by atoms with Crippen LogP contribution in [0.25, 0.3) is 0 Å². The Morgan fingerprint density at radius 1 is 0.966 bits per heavy atom. The molecule has 3 rings (SSSR count). The highest BCUT2D eigenvalue weighted by Crippen LogP contribution is 2.34. The lowest BCUT2D eigenvalue weighted by atomic mass is 9.85. The maximum Gasteiger partial charge on any atom is 0.253 e. The van der Waals surface area contributed by atoms with Gasteiger partial charge in [-0.05, 0) is 37.0 Å². The number of methoxy groups -OCH3 is 2. The normalized spacial score (nSPS) is 16.5. The summed E-state index contributed by atoms with van der Waals surface area (Å²) in [6.45, 7) is 3.51. The number of piperidine rings is 1. The molecular weight excluding hydrogens is 364 g/mol. The highest BCUT2D eigenvalue weighted by atomic mass is 16.5. The van der Waals surface area contributed by atoms with Crippen molar-refractivity contribution in [3.05, 3.63) is 66.2 Å². The van der Waals surface area contributed by atoms with Gasteiger partial charge in [0.1, 0.15) is 6.61 Å². The molecule has 1 aliphatic rings. The number of rotatable bonds is 9. The van der Waals surface area contributed by atoms with Gasteiger partial charge >= 0.3 is 0 Å². The quantitative estimate of drug-likeness (QED) is 0.652. The molecule has 1 amide bonds. The number of anilines is 1. The molecule has 0 atom stereocenters. The van der Waals surface area contributed by atoms with Gasteiger partial charge in [0.15, 0.2) is 0 Å².